The second-order valence-corrected chi connectivity index (χ2v) is 14.4. The lowest BCUT2D eigenvalue weighted by Crippen LogP contribution is -2.53. The van der Waals surface area contributed by atoms with E-state index in [9.17, 15) is 10.2 Å². The monoisotopic (exact) mass is 350 g/mol. The van der Waals surface area contributed by atoms with Gasteiger partial charge in [0.2, 0.25) is 0 Å². The molecule has 0 aliphatic heterocycles. The van der Waals surface area contributed by atoms with Gasteiger partial charge in [-0.15, -0.1) is 6.58 Å². The second-order valence-electron chi connectivity index (χ2n) is 9.67. The SMILES string of the molecule is C=C[C@]1(O)CC[C@@H](O[Si](C)(C)C(C)(C)C)[C@@]12CC[C@@H]1C[C@H](O)C=C12. The van der Waals surface area contributed by atoms with Crippen molar-refractivity contribution in [3.05, 3.63) is 24.3 Å². The van der Waals surface area contributed by atoms with E-state index in [1.165, 1.54) is 5.57 Å². The van der Waals surface area contributed by atoms with Gasteiger partial charge < -0.3 is 14.6 Å². The second kappa shape index (κ2) is 5.54. The number of hydrogen-bond acceptors (Lipinski definition) is 3. The summed E-state index contributed by atoms with van der Waals surface area (Å²) in [5.74, 6) is 0.398. The molecule has 2 N–H and O–H groups in total. The molecule has 0 aromatic rings. The summed E-state index contributed by atoms with van der Waals surface area (Å²) in [5, 5.41) is 21.7. The van der Waals surface area contributed by atoms with Gasteiger partial charge in [0.15, 0.2) is 8.32 Å². The van der Waals surface area contributed by atoms with E-state index in [1.807, 2.05) is 6.08 Å². The zero-order valence-corrected chi connectivity index (χ0v) is 16.9. The molecule has 0 aromatic heterocycles. The molecule has 0 radical (unpaired) electrons. The predicted octanol–water partition coefficient (Wildman–Crippen LogP) is 4.18. The molecule has 3 rings (SSSR count). The van der Waals surface area contributed by atoms with E-state index in [0.717, 1.165) is 25.7 Å². The first-order valence-corrected chi connectivity index (χ1v) is 12.3. The van der Waals surface area contributed by atoms with Gasteiger partial charge in [0.1, 0.15) is 0 Å². The van der Waals surface area contributed by atoms with E-state index in [1.54, 1.807) is 6.08 Å². The van der Waals surface area contributed by atoms with Crippen molar-refractivity contribution in [2.75, 3.05) is 0 Å². The first-order chi connectivity index (χ1) is 11.0. The molecule has 2 saturated carbocycles. The Morgan fingerprint density at radius 1 is 1.29 bits per heavy atom. The topological polar surface area (TPSA) is 49.7 Å². The van der Waals surface area contributed by atoms with Gasteiger partial charge >= 0.3 is 0 Å². The summed E-state index contributed by atoms with van der Waals surface area (Å²) >= 11 is 0. The van der Waals surface area contributed by atoms with Crippen LogP contribution in [0.5, 0.6) is 0 Å². The summed E-state index contributed by atoms with van der Waals surface area (Å²) in [6, 6.07) is 0. The standard InChI is InChI=1S/C20H34O3Si/c1-7-19(22)10-9-17(23-24(5,6)18(2,3)4)20(19)11-8-14-12-15(21)13-16(14)20/h7,13-15,17,21-22H,1,8-12H2,2-6H3/t14-,15+,17-,19+,20+/m1/s1. The van der Waals surface area contributed by atoms with Gasteiger partial charge in [-0.3, -0.25) is 0 Å². The molecule has 0 aromatic carbocycles. The fourth-order valence-corrected chi connectivity index (χ4v) is 6.44. The van der Waals surface area contributed by atoms with Crippen LogP contribution in [0.25, 0.3) is 0 Å². The van der Waals surface area contributed by atoms with Crippen molar-refractivity contribution in [2.45, 2.75) is 88.8 Å². The third-order valence-electron chi connectivity index (χ3n) is 7.43. The van der Waals surface area contributed by atoms with Crippen molar-refractivity contribution in [1.29, 1.82) is 0 Å². The van der Waals surface area contributed by atoms with Crippen LogP contribution >= 0.6 is 0 Å². The summed E-state index contributed by atoms with van der Waals surface area (Å²) in [6.07, 6.45) is 7.78. The van der Waals surface area contributed by atoms with Gasteiger partial charge in [0, 0.05) is 5.41 Å². The average Bonchev–Trinajstić information content (AvgIpc) is 3.07. The van der Waals surface area contributed by atoms with E-state index in [4.69, 9.17) is 4.43 Å². The van der Waals surface area contributed by atoms with Gasteiger partial charge in [0.05, 0.1) is 17.8 Å². The highest BCUT2D eigenvalue weighted by atomic mass is 28.4. The molecule has 0 amide bonds. The maximum Gasteiger partial charge on any atom is 0.192 e. The number of fused-ring (bicyclic) bond motifs is 2. The van der Waals surface area contributed by atoms with Gasteiger partial charge in [-0.25, -0.2) is 0 Å². The minimum Gasteiger partial charge on any atom is -0.413 e. The fourth-order valence-electron chi connectivity index (χ4n) is 5.05. The van der Waals surface area contributed by atoms with Crippen LogP contribution in [-0.4, -0.2) is 36.3 Å². The molecule has 3 aliphatic carbocycles. The Kier molecular flexibility index (Phi) is 4.24. The Hall–Kier alpha value is -0.423. The zero-order valence-electron chi connectivity index (χ0n) is 15.9. The molecule has 24 heavy (non-hydrogen) atoms. The highest BCUT2D eigenvalue weighted by molar-refractivity contribution is 6.74. The van der Waals surface area contributed by atoms with Crippen LogP contribution in [0.2, 0.25) is 18.1 Å². The first kappa shape index (κ1) is 18.4. The zero-order chi connectivity index (χ0) is 18.0. The minimum absolute atomic E-state index is 0.0305. The van der Waals surface area contributed by atoms with Crippen LogP contribution in [0, 0.1) is 11.3 Å². The molecule has 0 saturated heterocycles. The Morgan fingerprint density at radius 2 is 1.96 bits per heavy atom. The molecule has 0 bridgehead atoms. The van der Waals surface area contributed by atoms with E-state index >= 15 is 0 Å². The average molecular weight is 351 g/mol. The Morgan fingerprint density at radius 3 is 2.54 bits per heavy atom. The van der Waals surface area contributed by atoms with Crippen LogP contribution in [0.1, 0.15) is 52.9 Å². The molecule has 2 fully saturated rings. The molecular weight excluding hydrogens is 316 g/mol. The van der Waals surface area contributed by atoms with Gasteiger partial charge in [-0.1, -0.05) is 38.5 Å². The molecule has 4 heteroatoms. The van der Waals surface area contributed by atoms with Crippen molar-refractivity contribution in [1.82, 2.24) is 0 Å². The largest absolute Gasteiger partial charge is 0.413 e. The highest BCUT2D eigenvalue weighted by Crippen LogP contribution is 2.65. The maximum atomic E-state index is 11.4. The van der Waals surface area contributed by atoms with Crippen molar-refractivity contribution < 1.29 is 14.6 Å². The van der Waals surface area contributed by atoms with Crippen LogP contribution in [0.4, 0.5) is 0 Å². The highest BCUT2D eigenvalue weighted by Gasteiger charge is 2.65. The summed E-state index contributed by atoms with van der Waals surface area (Å²) in [6.45, 7) is 15.3. The van der Waals surface area contributed by atoms with Crippen molar-refractivity contribution in [3.63, 3.8) is 0 Å². The predicted molar refractivity (Wildman–Crippen MR) is 100 cm³/mol. The van der Waals surface area contributed by atoms with E-state index in [2.05, 4.69) is 40.4 Å². The quantitative estimate of drug-likeness (QED) is 0.593. The summed E-state index contributed by atoms with van der Waals surface area (Å²) in [5.41, 5.74) is -0.0458. The third kappa shape index (κ3) is 2.41. The van der Waals surface area contributed by atoms with Crippen LogP contribution in [0.15, 0.2) is 24.3 Å². The maximum absolute atomic E-state index is 11.4. The summed E-state index contributed by atoms with van der Waals surface area (Å²) < 4.78 is 6.85. The Labute approximate surface area is 147 Å². The molecule has 3 aliphatic rings. The lowest BCUT2D eigenvalue weighted by Gasteiger charge is -2.47. The van der Waals surface area contributed by atoms with Gasteiger partial charge in [0.25, 0.3) is 0 Å². The first-order valence-electron chi connectivity index (χ1n) is 9.41. The number of aliphatic hydroxyl groups is 2. The van der Waals surface area contributed by atoms with E-state index in [-0.39, 0.29) is 22.7 Å². The van der Waals surface area contributed by atoms with Gasteiger partial charge in [-0.05, 0) is 56.2 Å². The van der Waals surface area contributed by atoms with Crippen molar-refractivity contribution >= 4 is 8.32 Å². The molecule has 0 unspecified atom stereocenters. The Bertz CT molecular complexity index is 562. The van der Waals surface area contributed by atoms with Gasteiger partial charge in [-0.2, -0.15) is 0 Å². The normalized spacial score (nSPS) is 42.5. The van der Waals surface area contributed by atoms with E-state index < -0.39 is 13.9 Å². The molecule has 1 spiro atoms. The van der Waals surface area contributed by atoms with Crippen molar-refractivity contribution in [3.8, 4) is 0 Å². The summed E-state index contributed by atoms with van der Waals surface area (Å²) in [4.78, 5) is 0. The van der Waals surface area contributed by atoms with Crippen molar-refractivity contribution in [2.24, 2.45) is 11.3 Å². The number of hydrogen-bond donors (Lipinski definition) is 2. The number of rotatable bonds is 3. The third-order valence-corrected chi connectivity index (χ3v) is 11.9. The molecular formula is C20H34O3Si. The van der Waals surface area contributed by atoms with Crippen LogP contribution < -0.4 is 0 Å². The molecule has 136 valence electrons. The van der Waals surface area contributed by atoms with E-state index in [0.29, 0.717) is 12.3 Å². The lowest BCUT2D eigenvalue weighted by atomic mass is 9.68. The lowest BCUT2D eigenvalue weighted by molar-refractivity contribution is -0.0387. The molecule has 0 heterocycles. The van der Waals surface area contributed by atoms with Crippen LogP contribution in [-0.2, 0) is 4.43 Å². The fraction of sp³-hybridized carbons (Fsp3) is 0.800. The Balaban J connectivity index is 2.02. The minimum atomic E-state index is -1.93. The number of aliphatic hydroxyl groups excluding tert-OH is 1. The molecule has 3 nitrogen and oxygen atoms in total. The summed E-state index contributed by atoms with van der Waals surface area (Å²) in [7, 11) is -1.93. The smallest absolute Gasteiger partial charge is 0.192 e. The molecule has 5 atom stereocenters. The van der Waals surface area contributed by atoms with Crippen LogP contribution in [0.3, 0.4) is 0 Å².